The lowest BCUT2D eigenvalue weighted by Gasteiger charge is -2.30. The van der Waals surface area contributed by atoms with Gasteiger partial charge in [-0.05, 0) is 38.4 Å². The summed E-state index contributed by atoms with van der Waals surface area (Å²) in [6.07, 6.45) is 3.39. The number of halogens is 1. The standard InChI is InChI=1S/C15H18N4O2.ClH/c1-10-13(3-2-8-16-10)18-15(20)12-6-4-11(5-7-12)14-17-9-21-19-14;/h4-7,9-10,13,16H,2-3,8H2,1H3,(H,18,20);1H. The zero-order chi connectivity index (χ0) is 14.7. The van der Waals surface area contributed by atoms with Gasteiger partial charge in [0.2, 0.25) is 12.2 Å². The van der Waals surface area contributed by atoms with Crippen molar-refractivity contribution < 1.29 is 9.32 Å². The summed E-state index contributed by atoms with van der Waals surface area (Å²) < 4.78 is 4.71. The van der Waals surface area contributed by atoms with Crippen molar-refractivity contribution in [2.45, 2.75) is 31.8 Å². The molecule has 2 atom stereocenters. The number of hydrogen-bond donors (Lipinski definition) is 2. The van der Waals surface area contributed by atoms with Crippen LogP contribution in [0, 0.1) is 0 Å². The predicted octanol–water partition coefficient (Wildman–Crippen LogP) is 2.03. The molecule has 1 aromatic carbocycles. The van der Waals surface area contributed by atoms with Crippen molar-refractivity contribution in [1.82, 2.24) is 20.8 Å². The summed E-state index contributed by atoms with van der Waals surface area (Å²) in [4.78, 5) is 16.2. The van der Waals surface area contributed by atoms with Crippen molar-refractivity contribution >= 4 is 18.3 Å². The van der Waals surface area contributed by atoms with E-state index in [0.29, 0.717) is 17.4 Å². The Morgan fingerprint density at radius 2 is 2.14 bits per heavy atom. The number of amides is 1. The quantitative estimate of drug-likeness (QED) is 0.903. The van der Waals surface area contributed by atoms with Gasteiger partial charge in [0.05, 0.1) is 0 Å². The first kappa shape index (κ1) is 16.5. The molecule has 1 aliphatic heterocycles. The number of rotatable bonds is 3. The zero-order valence-corrected chi connectivity index (χ0v) is 13.1. The second kappa shape index (κ2) is 7.38. The van der Waals surface area contributed by atoms with Gasteiger partial charge in [-0.2, -0.15) is 4.98 Å². The van der Waals surface area contributed by atoms with Gasteiger partial charge in [-0.1, -0.05) is 17.3 Å². The van der Waals surface area contributed by atoms with Gasteiger partial charge in [0.25, 0.3) is 5.91 Å². The first-order valence-corrected chi connectivity index (χ1v) is 7.15. The monoisotopic (exact) mass is 322 g/mol. The van der Waals surface area contributed by atoms with Crippen LogP contribution in [0.2, 0.25) is 0 Å². The number of aromatic nitrogens is 2. The Balaban J connectivity index is 0.00000176. The Labute approximate surface area is 135 Å². The van der Waals surface area contributed by atoms with Gasteiger partial charge < -0.3 is 15.2 Å². The second-order valence-electron chi connectivity index (χ2n) is 5.30. The van der Waals surface area contributed by atoms with Gasteiger partial charge in [-0.25, -0.2) is 0 Å². The maximum Gasteiger partial charge on any atom is 0.251 e. The maximum absolute atomic E-state index is 12.3. The van der Waals surface area contributed by atoms with Gasteiger partial charge in [0.1, 0.15) is 0 Å². The van der Waals surface area contributed by atoms with Crippen molar-refractivity contribution in [3.8, 4) is 11.4 Å². The van der Waals surface area contributed by atoms with E-state index >= 15 is 0 Å². The minimum absolute atomic E-state index is 0. The molecule has 22 heavy (non-hydrogen) atoms. The van der Waals surface area contributed by atoms with E-state index in [1.165, 1.54) is 6.39 Å². The van der Waals surface area contributed by atoms with E-state index in [9.17, 15) is 4.79 Å². The van der Waals surface area contributed by atoms with Crippen LogP contribution in [0.15, 0.2) is 35.2 Å². The third kappa shape index (κ3) is 3.64. The average molecular weight is 323 g/mol. The molecule has 1 fully saturated rings. The predicted molar refractivity (Wildman–Crippen MR) is 84.9 cm³/mol. The van der Waals surface area contributed by atoms with Crippen LogP contribution in [0.4, 0.5) is 0 Å². The Morgan fingerprint density at radius 1 is 1.36 bits per heavy atom. The molecule has 6 nitrogen and oxygen atoms in total. The Hall–Kier alpha value is -1.92. The van der Waals surface area contributed by atoms with Gasteiger partial charge >= 0.3 is 0 Å². The van der Waals surface area contributed by atoms with Crippen LogP contribution in [0.1, 0.15) is 30.1 Å². The summed E-state index contributed by atoms with van der Waals surface area (Å²) in [6, 6.07) is 7.69. The molecule has 0 spiro atoms. The van der Waals surface area contributed by atoms with Crippen LogP contribution in [0.25, 0.3) is 11.4 Å². The number of nitrogens with one attached hydrogen (secondary N) is 2. The lowest BCUT2D eigenvalue weighted by Crippen LogP contribution is -2.51. The molecule has 2 N–H and O–H groups in total. The average Bonchev–Trinajstić information content (AvgIpc) is 3.04. The molecular weight excluding hydrogens is 304 g/mol. The highest BCUT2D eigenvalue weighted by molar-refractivity contribution is 5.94. The molecule has 0 radical (unpaired) electrons. The third-order valence-corrected chi connectivity index (χ3v) is 3.84. The van der Waals surface area contributed by atoms with Gasteiger partial charge in [-0.15, -0.1) is 12.4 Å². The smallest absolute Gasteiger partial charge is 0.251 e. The van der Waals surface area contributed by atoms with Gasteiger partial charge in [0, 0.05) is 23.2 Å². The van der Waals surface area contributed by atoms with Crippen molar-refractivity contribution in [2.75, 3.05) is 6.54 Å². The molecule has 0 aliphatic carbocycles. The molecule has 3 rings (SSSR count). The summed E-state index contributed by atoms with van der Waals surface area (Å²) in [5.74, 6) is 0.474. The second-order valence-corrected chi connectivity index (χ2v) is 5.30. The van der Waals surface area contributed by atoms with Crippen molar-refractivity contribution in [1.29, 1.82) is 0 Å². The first-order valence-electron chi connectivity index (χ1n) is 7.15. The van der Waals surface area contributed by atoms with E-state index < -0.39 is 0 Å². The third-order valence-electron chi connectivity index (χ3n) is 3.84. The fraction of sp³-hybridized carbons (Fsp3) is 0.400. The maximum atomic E-state index is 12.3. The Morgan fingerprint density at radius 3 is 2.77 bits per heavy atom. The summed E-state index contributed by atoms with van der Waals surface area (Å²) >= 11 is 0. The van der Waals surface area contributed by atoms with E-state index in [-0.39, 0.29) is 24.4 Å². The van der Waals surface area contributed by atoms with Crippen molar-refractivity contribution in [2.24, 2.45) is 0 Å². The molecule has 2 unspecified atom stereocenters. The number of carbonyl (C=O) groups excluding carboxylic acids is 1. The van der Waals surface area contributed by atoms with E-state index in [1.54, 1.807) is 12.1 Å². The van der Waals surface area contributed by atoms with E-state index in [4.69, 9.17) is 4.52 Å². The summed E-state index contributed by atoms with van der Waals surface area (Å²) in [5, 5.41) is 10.2. The molecule has 2 heterocycles. The Bertz CT molecular complexity index is 601. The van der Waals surface area contributed by atoms with Crippen LogP contribution in [0.3, 0.4) is 0 Å². The zero-order valence-electron chi connectivity index (χ0n) is 12.3. The minimum atomic E-state index is -0.0461. The number of hydrogen-bond acceptors (Lipinski definition) is 5. The van der Waals surface area contributed by atoms with Crippen LogP contribution in [0.5, 0.6) is 0 Å². The van der Waals surface area contributed by atoms with Crippen LogP contribution in [-0.2, 0) is 0 Å². The summed E-state index contributed by atoms with van der Waals surface area (Å²) in [5.41, 5.74) is 1.47. The minimum Gasteiger partial charge on any atom is -0.348 e. The molecule has 1 aliphatic rings. The van der Waals surface area contributed by atoms with E-state index in [2.05, 4.69) is 27.7 Å². The summed E-state index contributed by atoms with van der Waals surface area (Å²) in [7, 11) is 0. The number of carbonyl (C=O) groups is 1. The Kier molecular flexibility index (Phi) is 5.51. The molecule has 0 saturated carbocycles. The fourth-order valence-corrected chi connectivity index (χ4v) is 2.56. The van der Waals surface area contributed by atoms with E-state index in [0.717, 1.165) is 24.9 Å². The molecule has 1 saturated heterocycles. The highest BCUT2D eigenvalue weighted by atomic mass is 35.5. The first-order chi connectivity index (χ1) is 10.2. The highest BCUT2D eigenvalue weighted by Crippen LogP contribution is 2.16. The fourth-order valence-electron chi connectivity index (χ4n) is 2.56. The highest BCUT2D eigenvalue weighted by Gasteiger charge is 2.22. The SMILES string of the molecule is CC1NCCCC1NC(=O)c1ccc(-c2ncon2)cc1.Cl. The molecule has 1 aromatic heterocycles. The van der Waals surface area contributed by atoms with Crippen LogP contribution in [-0.4, -0.2) is 34.7 Å². The largest absolute Gasteiger partial charge is 0.348 e. The molecule has 2 aromatic rings. The number of piperidine rings is 1. The number of benzene rings is 1. The van der Waals surface area contributed by atoms with Crippen LogP contribution < -0.4 is 10.6 Å². The summed E-state index contributed by atoms with van der Waals surface area (Å²) in [6.45, 7) is 3.12. The van der Waals surface area contributed by atoms with Gasteiger partial charge in [0.15, 0.2) is 0 Å². The van der Waals surface area contributed by atoms with Gasteiger partial charge in [-0.3, -0.25) is 4.79 Å². The van der Waals surface area contributed by atoms with Crippen LogP contribution >= 0.6 is 12.4 Å². The normalized spacial score (nSPS) is 21.0. The molecule has 1 amide bonds. The van der Waals surface area contributed by atoms with Crippen molar-refractivity contribution in [3.05, 3.63) is 36.2 Å². The molecule has 0 bridgehead atoms. The molecule has 118 valence electrons. The van der Waals surface area contributed by atoms with E-state index in [1.807, 2.05) is 12.1 Å². The lowest BCUT2D eigenvalue weighted by atomic mass is 9.99. The van der Waals surface area contributed by atoms with Crippen molar-refractivity contribution in [3.63, 3.8) is 0 Å². The number of nitrogens with zero attached hydrogens (tertiary/aromatic N) is 2. The lowest BCUT2D eigenvalue weighted by molar-refractivity contribution is 0.0920. The molecule has 7 heteroatoms. The molecular formula is C15H19ClN4O2. The topological polar surface area (TPSA) is 80.0 Å².